The first-order valence-electron chi connectivity index (χ1n) is 5.98. The summed E-state index contributed by atoms with van der Waals surface area (Å²) in [5, 5.41) is 3.85. The quantitative estimate of drug-likeness (QED) is 0.635. The predicted octanol–water partition coefficient (Wildman–Crippen LogP) is 3.13. The van der Waals surface area contributed by atoms with Crippen molar-refractivity contribution in [2.45, 2.75) is 0 Å². The van der Waals surface area contributed by atoms with Crippen LogP contribution < -0.4 is 11.1 Å². The molecule has 0 fully saturated rings. The van der Waals surface area contributed by atoms with Crippen LogP contribution >= 0.6 is 23.1 Å². The highest BCUT2D eigenvalue weighted by Crippen LogP contribution is 2.33. The number of benzene rings is 1. The van der Waals surface area contributed by atoms with Crippen molar-refractivity contribution in [2.24, 2.45) is 0 Å². The maximum atomic E-state index is 12.1. The van der Waals surface area contributed by atoms with Gasteiger partial charge in [0.2, 0.25) is 0 Å². The lowest BCUT2D eigenvalue weighted by Crippen LogP contribution is -2.25. The first-order chi connectivity index (χ1) is 9.24. The van der Waals surface area contributed by atoms with Gasteiger partial charge in [0.15, 0.2) is 0 Å². The molecule has 0 aliphatic heterocycles. The largest absolute Gasteiger partial charge is 0.397 e. The molecule has 0 saturated carbocycles. The van der Waals surface area contributed by atoms with Gasteiger partial charge in [0.05, 0.1) is 5.69 Å². The Labute approximate surface area is 120 Å². The highest BCUT2D eigenvalue weighted by molar-refractivity contribution is 7.99. The third-order valence-electron chi connectivity index (χ3n) is 2.61. The zero-order valence-corrected chi connectivity index (χ0v) is 12.2. The van der Waals surface area contributed by atoms with Crippen LogP contribution in [-0.4, -0.2) is 24.0 Å². The molecule has 3 N–H and O–H groups in total. The van der Waals surface area contributed by atoms with Gasteiger partial charge in [-0.2, -0.15) is 11.8 Å². The summed E-state index contributed by atoms with van der Waals surface area (Å²) >= 11 is 3.18. The maximum Gasteiger partial charge on any atom is 0.263 e. The van der Waals surface area contributed by atoms with E-state index in [-0.39, 0.29) is 5.91 Å². The number of carbonyl (C=O) groups is 1. The van der Waals surface area contributed by atoms with Crippen LogP contribution in [-0.2, 0) is 0 Å². The number of fused-ring (bicyclic) bond motifs is 1. The molecule has 0 saturated heterocycles. The van der Waals surface area contributed by atoms with Gasteiger partial charge in [-0.1, -0.05) is 24.3 Å². The van der Waals surface area contributed by atoms with Crippen LogP contribution in [0.4, 0.5) is 5.69 Å². The van der Waals surface area contributed by atoms with Crippen molar-refractivity contribution in [1.82, 2.24) is 5.32 Å². The number of hydrogen-bond donors (Lipinski definition) is 2. The second kappa shape index (κ2) is 6.63. The van der Waals surface area contributed by atoms with E-state index in [1.807, 2.05) is 30.3 Å². The number of thiophene rings is 1. The highest BCUT2D eigenvalue weighted by atomic mass is 32.2. The van der Waals surface area contributed by atoms with Crippen LogP contribution in [0.25, 0.3) is 10.1 Å². The molecular weight excluding hydrogens is 276 g/mol. The third-order valence-corrected chi connectivity index (χ3v) is 4.76. The van der Waals surface area contributed by atoms with Crippen molar-refractivity contribution in [3.63, 3.8) is 0 Å². The number of thioether (sulfide) groups is 1. The predicted molar refractivity (Wildman–Crippen MR) is 86.1 cm³/mol. The lowest BCUT2D eigenvalue weighted by atomic mass is 10.2. The number of anilines is 1. The molecule has 5 heteroatoms. The van der Waals surface area contributed by atoms with Crippen LogP contribution in [0, 0.1) is 0 Å². The molecule has 1 heterocycles. The molecule has 0 atom stereocenters. The average molecular weight is 292 g/mol. The van der Waals surface area contributed by atoms with E-state index in [0.29, 0.717) is 17.1 Å². The Morgan fingerprint density at radius 1 is 1.47 bits per heavy atom. The first-order valence-corrected chi connectivity index (χ1v) is 7.95. The average Bonchev–Trinajstić information content (AvgIpc) is 2.76. The minimum atomic E-state index is -0.0853. The van der Waals surface area contributed by atoms with E-state index in [0.717, 1.165) is 21.6 Å². The fourth-order valence-electron chi connectivity index (χ4n) is 1.72. The van der Waals surface area contributed by atoms with E-state index in [1.54, 1.807) is 11.8 Å². The molecule has 1 aromatic carbocycles. The Bertz CT molecular complexity index is 592. The standard InChI is InChI=1S/C14H16N2OS2/c1-2-8-18-9-7-16-14(17)13-12(15)10-5-3-4-6-11(10)19-13/h2-6H,1,7-9,15H2,(H,16,17). The van der Waals surface area contributed by atoms with Crippen molar-refractivity contribution in [3.8, 4) is 0 Å². The molecule has 0 spiro atoms. The van der Waals surface area contributed by atoms with Gasteiger partial charge in [0, 0.05) is 28.1 Å². The Balaban J connectivity index is 2.01. The van der Waals surface area contributed by atoms with E-state index in [9.17, 15) is 4.79 Å². The van der Waals surface area contributed by atoms with E-state index in [2.05, 4.69) is 11.9 Å². The number of carbonyl (C=O) groups excluding carboxylic acids is 1. The van der Waals surface area contributed by atoms with Gasteiger partial charge in [-0.25, -0.2) is 0 Å². The van der Waals surface area contributed by atoms with E-state index < -0.39 is 0 Å². The van der Waals surface area contributed by atoms with Crippen LogP contribution in [0.3, 0.4) is 0 Å². The zero-order chi connectivity index (χ0) is 13.7. The van der Waals surface area contributed by atoms with Crippen molar-refractivity contribution >= 4 is 44.8 Å². The molecule has 0 radical (unpaired) electrons. The smallest absolute Gasteiger partial charge is 0.263 e. The number of amides is 1. The van der Waals surface area contributed by atoms with Crippen molar-refractivity contribution in [2.75, 3.05) is 23.8 Å². The fraction of sp³-hybridized carbons (Fsp3) is 0.214. The lowest BCUT2D eigenvalue weighted by molar-refractivity contribution is 0.0961. The topological polar surface area (TPSA) is 55.1 Å². The Hall–Kier alpha value is -1.46. The van der Waals surface area contributed by atoms with Crippen molar-refractivity contribution < 1.29 is 4.79 Å². The monoisotopic (exact) mass is 292 g/mol. The molecule has 1 aromatic heterocycles. The van der Waals surface area contributed by atoms with Gasteiger partial charge < -0.3 is 11.1 Å². The molecule has 2 rings (SSSR count). The summed E-state index contributed by atoms with van der Waals surface area (Å²) in [5.74, 6) is 1.70. The molecule has 2 aromatic rings. The molecule has 100 valence electrons. The fourth-order valence-corrected chi connectivity index (χ4v) is 3.34. The summed E-state index contributed by atoms with van der Waals surface area (Å²) < 4.78 is 1.05. The first kappa shape index (κ1) is 14.0. The summed E-state index contributed by atoms with van der Waals surface area (Å²) in [6.45, 7) is 4.30. The van der Waals surface area contributed by atoms with E-state index >= 15 is 0 Å². The molecule has 3 nitrogen and oxygen atoms in total. The molecule has 1 amide bonds. The van der Waals surface area contributed by atoms with Gasteiger partial charge in [0.25, 0.3) is 5.91 Å². The molecule has 0 aliphatic rings. The Morgan fingerprint density at radius 3 is 3.00 bits per heavy atom. The van der Waals surface area contributed by atoms with Crippen LogP contribution in [0.1, 0.15) is 9.67 Å². The van der Waals surface area contributed by atoms with Crippen molar-refractivity contribution in [1.29, 1.82) is 0 Å². The SMILES string of the molecule is C=CCSCCNC(=O)c1sc2ccccc2c1N. The second-order valence-electron chi connectivity index (χ2n) is 3.96. The summed E-state index contributed by atoms with van der Waals surface area (Å²) in [7, 11) is 0. The number of hydrogen-bond acceptors (Lipinski definition) is 4. The minimum Gasteiger partial charge on any atom is -0.397 e. The van der Waals surface area contributed by atoms with Gasteiger partial charge in [-0.15, -0.1) is 17.9 Å². The minimum absolute atomic E-state index is 0.0853. The summed E-state index contributed by atoms with van der Waals surface area (Å²) in [5.41, 5.74) is 6.60. The number of nitrogen functional groups attached to an aromatic ring is 1. The van der Waals surface area contributed by atoms with Crippen LogP contribution in [0.2, 0.25) is 0 Å². The van der Waals surface area contributed by atoms with Gasteiger partial charge >= 0.3 is 0 Å². The van der Waals surface area contributed by atoms with E-state index in [1.165, 1.54) is 11.3 Å². The maximum absolute atomic E-state index is 12.1. The number of nitrogens with one attached hydrogen (secondary N) is 1. The second-order valence-corrected chi connectivity index (χ2v) is 6.16. The summed E-state index contributed by atoms with van der Waals surface area (Å²) in [6.07, 6.45) is 1.86. The molecule has 0 unspecified atom stereocenters. The molecule has 19 heavy (non-hydrogen) atoms. The Kier molecular flexibility index (Phi) is 4.87. The van der Waals surface area contributed by atoms with Crippen LogP contribution in [0.15, 0.2) is 36.9 Å². The van der Waals surface area contributed by atoms with Gasteiger partial charge in [-0.05, 0) is 6.07 Å². The van der Waals surface area contributed by atoms with Gasteiger partial charge in [0.1, 0.15) is 4.88 Å². The third kappa shape index (κ3) is 3.30. The van der Waals surface area contributed by atoms with Crippen LogP contribution in [0.5, 0.6) is 0 Å². The van der Waals surface area contributed by atoms with Gasteiger partial charge in [-0.3, -0.25) is 4.79 Å². The normalized spacial score (nSPS) is 10.5. The molecule has 0 aliphatic carbocycles. The zero-order valence-electron chi connectivity index (χ0n) is 10.5. The molecular formula is C14H16N2OS2. The van der Waals surface area contributed by atoms with Crippen molar-refractivity contribution in [3.05, 3.63) is 41.8 Å². The number of nitrogens with two attached hydrogens (primary N) is 1. The highest BCUT2D eigenvalue weighted by Gasteiger charge is 2.15. The Morgan fingerprint density at radius 2 is 2.26 bits per heavy atom. The summed E-state index contributed by atoms with van der Waals surface area (Å²) in [6, 6.07) is 7.80. The molecule has 0 bridgehead atoms. The summed E-state index contributed by atoms with van der Waals surface area (Å²) in [4.78, 5) is 12.7. The number of rotatable bonds is 6. The van der Waals surface area contributed by atoms with E-state index in [4.69, 9.17) is 5.73 Å². The lowest BCUT2D eigenvalue weighted by Gasteiger charge is -2.03.